The molecule has 5 rings (SSSR count). The lowest BCUT2D eigenvalue weighted by atomic mass is 9.99. The Morgan fingerprint density at radius 3 is 2.47 bits per heavy atom. The van der Waals surface area contributed by atoms with E-state index in [1.165, 1.54) is 5.56 Å². The number of rotatable bonds is 5. The molecule has 2 N–H and O–H groups in total. The normalized spacial score (nSPS) is 18.6. The van der Waals surface area contributed by atoms with E-state index in [9.17, 15) is 4.79 Å². The van der Waals surface area contributed by atoms with Gasteiger partial charge >= 0.3 is 0 Å². The number of anilines is 2. The molecule has 1 saturated heterocycles. The molecule has 3 aromatic heterocycles. The highest BCUT2D eigenvalue weighted by atomic mass is 16.1. The maximum Gasteiger partial charge on any atom is 0.231 e. The molecule has 176 valence electrons. The monoisotopic (exact) mass is 459 g/mol. The number of nitrogens with zero attached hydrogens (tertiary/aromatic N) is 8. The van der Waals surface area contributed by atoms with Gasteiger partial charge in [0.2, 0.25) is 5.91 Å². The molecule has 1 unspecified atom stereocenters. The van der Waals surface area contributed by atoms with E-state index in [2.05, 4.69) is 55.6 Å². The van der Waals surface area contributed by atoms with E-state index in [-0.39, 0.29) is 11.9 Å². The van der Waals surface area contributed by atoms with Crippen molar-refractivity contribution in [3.05, 3.63) is 53.6 Å². The highest BCUT2D eigenvalue weighted by Gasteiger charge is 2.28. The number of aromatic nitrogens is 5. The number of carbonyl (C=O) groups is 1. The molecular weight excluding hydrogens is 430 g/mol. The van der Waals surface area contributed by atoms with Gasteiger partial charge in [-0.3, -0.25) is 9.69 Å². The molecule has 10 heteroatoms. The van der Waals surface area contributed by atoms with Crippen LogP contribution in [-0.2, 0) is 11.2 Å². The molecule has 1 fully saturated rings. The van der Waals surface area contributed by atoms with Crippen molar-refractivity contribution in [2.45, 2.75) is 26.3 Å². The summed E-state index contributed by atoms with van der Waals surface area (Å²) < 4.78 is 0. The van der Waals surface area contributed by atoms with Crippen LogP contribution in [0.1, 0.15) is 29.8 Å². The summed E-state index contributed by atoms with van der Waals surface area (Å²) in [5, 5.41) is 0. The molecular formula is C24H29N9O. The lowest BCUT2D eigenvalue weighted by molar-refractivity contribution is -0.119. The van der Waals surface area contributed by atoms with Gasteiger partial charge in [0.05, 0.1) is 18.3 Å². The molecule has 1 atom stereocenters. The minimum absolute atomic E-state index is 0.101. The van der Waals surface area contributed by atoms with Crippen molar-refractivity contribution in [3.63, 3.8) is 0 Å². The maximum absolute atomic E-state index is 11.2. The SMILES string of the molecule is Cc1cc(N2CCN(CC(N)=O)CC2)nc(N2CCc3nc(-c4ncccn4)ncc3C2C)c1. The third kappa shape index (κ3) is 4.54. The van der Waals surface area contributed by atoms with Crippen molar-refractivity contribution in [2.75, 3.05) is 49.1 Å². The Morgan fingerprint density at radius 2 is 1.74 bits per heavy atom. The Kier molecular flexibility index (Phi) is 6.06. The van der Waals surface area contributed by atoms with E-state index in [0.29, 0.717) is 18.2 Å². The largest absolute Gasteiger partial charge is 0.369 e. The summed E-state index contributed by atoms with van der Waals surface area (Å²) in [5.41, 5.74) is 8.67. The van der Waals surface area contributed by atoms with Crippen LogP contribution in [0, 0.1) is 6.92 Å². The summed E-state index contributed by atoms with van der Waals surface area (Å²) in [5.74, 6) is 2.76. The van der Waals surface area contributed by atoms with Gasteiger partial charge in [-0.15, -0.1) is 0 Å². The highest BCUT2D eigenvalue weighted by molar-refractivity contribution is 5.76. The molecule has 1 amide bonds. The third-order valence-corrected chi connectivity index (χ3v) is 6.49. The number of hydrogen-bond acceptors (Lipinski definition) is 9. The number of nitrogens with two attached hydrogens (primary N) is 1. The summed E-state index contributed by atoms with van der Waals surface area (Å²) in [7, 11) is 0. The second-order valence-corrected chi connectivity index (χ2v) is 8.88. The lowest BCUT2D eigenvalue weighted by Crippen LogP contribution is -2.49. The first-order valence-electron chi connectivity index (χ1n) is 11.6. The van der Waals surface area contributed by atoms with Gasteiger partial charge in [-0.25, -0.2) is 24.9 Å². The molecule has 2 aliphatic heterocycles. The van der Waals surface area contributed by atoms with E-state index in [1.807, 2.05) is 6.20 Å². The van der Waals surface area contributed by atoms with Crippen molar-refractivity contribution in [1.29, 1.82) is 0 Å². The van der Waals surface area contributed by atoms with Crippen LogP contribution in [0.15, 0.2) is 36.8 Å². The Hall–Kier alpha value is -3.66. The first kappa shape index (κ1) is 22.1. The number of piperazine rings is 1. The zero-order chi connectivity index (χ0) is 23.7. The predicted molar refractivity (Wildman–Crippen MR) is 129 cm³/mol. The molecule has 10 nitrogen and oxygen atoms in total. The third-order valence-electron chi connectivity index (χ3n) is 6.49. The Balaban J connectivity index is 1.35. The van der Waals surface area contributed by atoms with Crippen molar-refractivity contribution in [1.82, 2.24) is 29.8 Å². The van der Waals surface area contributed by atoms with Crippen molar-refractivity contribution in [3.8, 4) is 11.6 Å². The van der Waals surface area contributed by atoms with Gasteiger partial charge in [0.25, 0.3) is 0 Å². The average Bonchev–Trinajstić information content (AvgIpc) is 2.84. The molecule has 0 radical (unpaired) electrons. The first-order valence-corrected chi connectivity index (χ1v) is 11.6. The summed E-state index contributed by atoms with van der Waals surface area (Å²) in [4.78, 5) is 40.8. The van der Waals surface area contributed by atoms with E-state index < -0.39 is 0 Å². The summed E-state index contributed by atoms with van der Waals surface area (Å²) >= 11 is 0. The molecule has 0 saturated carbocycles. The van der Waals surface area contributed by atoms with Crippen LogP contribution >= 0.6 is 0 Å². The molecule has 0 spiro atoms. The van der Waals surface area contributed by atoms with Crippen molar-refractivity contribution < 1.29 is 4.79 Å². The highest BCUT2D eigenvalue weighted by Crippen LogP contribution is 2.33. The number of pyridine rings is 1. The summed E-state index contributed by atoms with van der Waals surface area (Å²) in [6, 6.07) is 6.15. The minimum Gasteiger partial charge on any atom is -0.369 e. The topological polar surface area (TPSA) is 117 Å². The zero-order valence-corrected chi connectivity index (χ0v) is 19.6. The van der Waals surface area contributed by atoms with Gasteiger partial charge in [0.15, 0.2) is 11.6 Å². The molecule has 3 aromatic rings. The van der Waals surface area contributed by atoms with Crippen molar-refractivity contribution in [2.24, 2.45) is 5.73 Å². The Bertz CT molecular complexity index is 1180. The van der Waals surface area contributed by atoms with E-state index >= 15 is 0 Å². The van der Waals surface area contributed by atoms with Crippen LogP contribution in [0.3, 0.4) is 0 Å². The van der Waals surface area contributed by atoms with Crippen LogP contribution in [0.4, 0.5) is 11.6 Å². The number of primary amides is 1. The number of aryl methyl sites for hydroxylation is 1. The molecule has 2 aliphatic rings. The van der Waals surface area contributed by atoms with Gasteiger partial charge in [0.1, 0.15) is 11.6 Å². The second kappa shape index (κ2) is 9.30. The standard InChI is InChI=1S/C24H29N9O/c1-16-12-21(32-10-8-31(9-11-32)15-20(25)34)30-22(13-16)33-7-4-19-18(17(33)2)14-28-24(29-19)23-26-5-3-6-27-23/h3,5-6,12-14,17H,4,7-11,15H2,1-2H3,(H2,25,34). The van der Waals surface area contributed by atoms with Gasteiger partial charge in [-0.1, -0.05) is 0 Å². The summed E-state index contributed by atoms with van der Waals surface area (Å²) in [6.07, 6.45) is 6.11. The van der Waals surface area contributed by atoms with E-state index in [1.54, 1.807) is 18.5 Å². The Labute approximate surface area is 198 Å². The van der Waals surface area contributed by atoms with Gasteiger partial charge in [0, 0.05) is 63.3 Å². The van der Waals surface area contributed by atoms with Gasteiger partial charge in [-0.05, 0) is 37.6 Å². The number of carbonyl (C=O) groups excluding carboxylic acids is 1. The molecule has 34 heavy (non-hydrogen) atoms. The number of hydrogen-bond donors (Lipinski definition) is 1. The number of amides is 1. The van der Waals surface area contributed by atoms with Crippen molar-refractivity contribution >= 4 is 17.5 Å². The minimum atomic E-state index is -0.281. The van der Waals surface area contributed by atoms with Crippen LogP contribution in [-0.4, -0.2) is 75.0 Å². The zero-order valence-electron chi connectivity index (χ0n) is 19.6. The lowest BCUT2D eigenvalue weighted by Gasteiger charge is -2.37. The van der Waals surface area contributed by atoms with Gasteiger partial charge < -0.3 is 15.5 Å². The smallest absolute Gasteiger partial charge is 0.231 e. The van der Waals surface area contributed by atoms with Crippen LogP contribution in [0.25, 0.3) is 11.6 Å². The summed E-state index contributed by atoms with van der Waals surface area (Å²) in [6.45, 7) is 8.65. The van der Waals surface area contributed by atoms with Crippen LogP contribution < -0.4 is 15.5 Å². The maximum atomic E-state index is 11.2. The molecule has 5 heterocycles. The first-order chi connectivity index (χ1) is 16.5. The van der Waals surface area contributed by atoms with E-state index in [0.717, 1.165) is 62.0 Å². The quantitative estimate of drug-likeness (QED) is 0.603. The fourth-order valence-electron chi connectivity index (χ4n) is 4.69. The fourth-order valence-corrected chi connectivity index (χ4v) is 4.69. The molecule has 0 aliphatic carbocycles. The second-order valence-electron chi connectivity index (χ2n) is 8.88. The number of fused-ring (bicyclic) bond motifs is 1. The Morgan fingerprint density at radius 1 is 1.00 bits per heavy atom. The van der Waals surface area contributed by atoms with Crippen LogP contribution in [0.5, 0.6) is 0 Å². The molecule has 0 bridgehead atoms. The predicted octanol–water partition coefficient (Wildman–Crippen LogP) is 1.37. The van der Waals surface area contributed by atoms with Gasteiger partial charge in [-0.2, -0.15) is 0 Å². The van der Waals surface area contributed by atoms with E-state index in [4.69, 9.17) is 15.7 Å². The molecule has 0 aromatic carbocycles. The average molecular weight is 460 g/mol. The van der Waals surface area contributed by atoms with Crippen LogP contribution in [0.2, 0.25) is 0 Å². The fraction of sp³-hybridized carbons (Fsp3) is 0.417.